The van der Waals surface area contributed by atoms with E-state index in [2.05, 4.69) is 4.72 Å². The fourth-order valence-electron chi connectivity index (χ4n) is 3.13. The summed E-state index contributed by atoms with van der Waals surface area (Å²) in [5, 5.41) is 0. The van der Waals surface area contributed by atoms with Crippen molar-refractivity contribution in [1.29, 1.82) is 0 Å². The summed E-state index contributed by atoms with van der Waals surface area (Å²) in [6.07, 6.45) is -2.88. The number of nitrogens with zero attached hydrogens (tertiary/aromatic N) is 1. The van der Waals surface area contributed by atoms with Gasteiger partial charge in [0.2, 0.25) is 5.91 Å². The highest BCUT2D eigenvalue weighted by atomic mass is 32.2. The van der Waals surface area contributed by atoms with Crippen LogP contribution in [0, 0.1) is 0 Å². The predicted octanol–water partition coefficient (Wildman–Crippen LogP) is 4.20. The fraction of sp³-hybridized carbons (Fsp3) is 0.316. The highest BCUT2D eigenvalue weighted by Gasteiger charge is 2.31. The zero-order valence-corrected chi connectivity index (χ0v) is 15.9. The number of hydrogen-bond donors (Lipinski definition) is 1. The number of benzene rings is 2. The Labute approximate surface area is 161 Å². The number of carbonyl (C=O) groups excluding carboxylic acids is 1. The van der Waals surface area contributed by atoms with E-state index >= 15 is 0 Å². The summed E-state index contributed by atoms with van der Waals surface area (Å²) >= 11 is 0. The number of halogens is 3. The van der Waals surface area contributed by atoms with Crippen molar-refractivity contribution in [3.63, 3.8) is 0 Å². The molecule has 0 saturated carbocycles. The highest BCUT2D eigenvalue weighted by Crippen LogP contribution is 2.32. The molecule has 0 unspecified atom stereocenters. The molecule has 5 nitrogen and oxygen atoms in total. The molecule has 0 aromatic heterocycles. The van der Waals surface area contributed by atoms with Crippen molar-refractivity contribution in [2.45, 2.75) is 37.3 Å². The lowest BCUT2D eigenvalue weighted by molar-refractivity contribution is -0.137. The number of nitrogens with one attached hydrogen (secondary N) is 1. The summed E-state index contributed by atoms with van der Waals surface area (Å²) in [6, 6.07) is 8.20. The van der Waals surface area contributed by atoms with Gasteiger partial charge in [-0.3, -0.25) is 9.52 Å². The molecule has 0 bridgehead atoms. The van der Waals surface area contributed by atoms with E-state index in [4.69, 9.17) is 0 Å². The van der Waals surface area contributed by atoms with Crippen LogP contribution in [0.15, 0.2) is 47.4 Å². The number of hydrogen-bond acceptors (Lipinski definition) is 3. The Bertz CT molecular complexity index is 986. The van der Waals surface area contributed by atoms with Crippen LogP contribution < -0.4 is 9.62 Å². The maximum atomic E-state index is 12.6. The second-order valence-electron chi connectivity index (χ2n) is 6.52. The molecule has 1 aliphatic heterocycles. The molecule has 0 fully saturated rings. The molecule has 0 spiro atoms. The summed E-state index contributed by atoms with van der Waals surface area (Å²) in [5.41, 5.74) is 0.988. The van der Waals surface area contributed by atoms with Gasteiger partial charge in [0.15, 0.2) is 0 Å². The Morgan fingerprint density at radius 2 is 1.75 bits per heavy atom. The van der Waals surface area contributed by atoms with Crippen LogP contribution in [0.3, 0.4) is 0 Å². The van der Waals surface area contributed by atoms with Crippen LogP contribution in [0.5, 0.6) is 0 Å². The van der Waals surface area contributed by atoms with Crippen molar-refractivity contribution < 1.29 is 26.4 Å². The van der Waals surface area contributed by atoms with Gasteiger partial charge in [-0.2, -0.15) is 13.2 Å². The van der Waals surface area contributed by atoms with Gasteiger partial charge in [0.1, 0.15) is 0 Å². The first kappa shape index (κ1) is 20.2. The van der Waals surface area contributed by atoms with Gasteiger partial charge in [-0.15, -0.1) is 0 Å². The summed E-state index contributed by atoms with van der Waals surface area (Å²) in [6.45, 7) is 2.55. The van der Waals surface area contributed by atoms with Gasteiger partial charge < -0.3 is 4.90 Å². The molecule has 28 heavy (non-hydrogen) atoms. The topological polar surface area (TPSA) is 66.5 Å². The SMILES string of the molecule is CCCN1C(=O)CCc2cc(NS(=O)(=O)c3ccc(C(F)(F)F)cc3)ccc21. The van der Waals surface area contributed by atoms with E-state index in [1.54, 1.807) is 23.1 Å². The smallest absolute Gasteiger partial charge is 0.312 e. The first-order valence-electron chi connectivity index (χ1n) is 8.75. The third kappa shape index (κ3) is 4.14. The zero-order valence-electron chi connectivity index (χ0n) is 15.1. The number of sulfonamides is 1. The average molecular weight is 412 g/mol. The maximum absolute atomic E-state index is 12.6. The lowest BCUT2D eigenvalue weighted by atomic mass is 10.0. The summed E-state index contributed by atoms with van der Waals surface area (Å²) in [5.74, 6) is 0.0347. The van der Waals surface area contributed by atoms with Gasteiger partial charge in [0.25, 0.3) is 10.0 Å². The van der Waals surface area contributed by atoms with Crippen LogP contribution in [0.1, 0.15) is 30.9 Å². The molecule has 1 N–H and O–H groups in total. The third-order valence-electron chi connectivity index (χ3n) is 4.47. The minimum atomic E-state index is -4.53. The average Bonchev–Trinajstić information content (AvgIpc) is 2.63. The van der Waals surface area contributed by atoms with E-state index in [9.17, 15) is 26.4 Å². The van der Waals surface area contributed by atoms with Crippen LogP contribution in [0.2, 0.25) is 0 Å². The molecule has 9 heteroatoms. The number of carbonyl (C=O) groups is 1. The Morgan fingerprint density at radius 1 is 1.07 bits per heavy atom. The van der Waals surface area contributed by atoms with Crippen molar-refractivity contribution >= 4 is 27.3 Å². The number of anilines is 2. The molecular formula is C19H19F3N2O3S. The summed E-state index contributed by atoms with van der Waals surface area (Å²) < 4.78 is 65.3. The third-order valence-corrected chi connectivity index (χ3v) is 5.87. The van der Waals surface area contributed by atoms with Gasteiger partial charge in [0, 0.05) is 24.3 Å². The van der Waals surface area contributed by atoms with Gasteiger partial charge in [-0.1, -0.05) is 6.92 Å². The van der Waals surface area contributed by atoms with E-state index in [1.807, 2.05) is 6.92 Å². The molecule has 0 saturated heterocycles. The Morgan fingerprint density at radius 3 is 2.36 bits per heavy atom. The van der Waals surface area contributed by atoms with Crippen molar-refractivity contribution in [1.82, 2.24) is 0 Å². The summed E-state index contributed by atoms with van der Waals surface area (Å²) in [7, 11) is -4.03. The van der Waals surface area contributed by atoms with E-state index in [-0.39, 0.29) is 10.8 Å². The quantitative estimate of drug-likeness (QED) is 0.801. The van der Waals surface area contributed by atoms with Crippen LogP contribution in [0.4, 0.5) is 24.5 Å². The Hall–Kier alpha value is -2.55. The number of alkyl halides is 3. The fourth-order valence-corrected chi connectivity index (χ4v) is 4.18. The monoisotopic (exact) mass is 412 g/mol. The molecular weight excluding hydrogens is 393 g/mol. The van der Waals surface area contributed by atoms with Gasteiger partial charge in [-0.25, -0.2) is 8.42 Å². The van der Waals surface area contributed by atoms with E-state index < -0.39 is 21.8 Å². The van der Waals surface area contributed by atoms with E-state index in [1.165, 1.54) is 0 Å². The molecule has 2 aromatic rings. The Kier molecular flexibility index (Phi) is 5.38. The number of fused-ring (bicyclic) bond motifs is 1. The van der Waals surface area contributed by atoms with Crippen LogP contribution in [0.25, 0.3) is 0 Å². The molecule has 0 aliphatic carbocycles. The van der Waals surface area contributed by atoms with Crippen LogP contribution >= 0.6 is 0 Å². The first-order valence-corrected chi connectivity index (χ1v) is 10.2. The lowest BCUT2D eigenvalue weighted by Crippen LogP contribution is -2.35. The molecule has 0 radical (unpaired) electrons. The highest BCUT2D eigenvalue weighted by molar-refractivity contribution is 7.92. The van der Waals surface area contributed by atoms with Gasteiger partial charge >= 0.3 is 6.18 Å². The van der Waals surface area contributed by atoms with Gasteiger partial charge in [-0.05, 0) is 60.9 Å². The second-order valence-corrected chi connectivity index (χ2v) is 8.20. The summed E-state index contributed by atoms with van der Waals surface area (Å²) in [4.78, 5) is 13.5. The van der Waals surface area contributed by atoms with Crippen molar-refractivity contribution in [3.05, 3.63) is 53.6 Å². The normalized spacial score (nSPS) is 14.7. The number of rotatable bonds is 5. The standard InChI is InChI=1S/C19H19F3N2O3S/c1-2-11-24-17-9-6-15(12-13(17)3-10-18(24)25)23-28(26,27)16-7-4-14(5-8-16)19(20,21)22/h4-9,12,23H,2-3,10-11H2,1H3. The van der Waals surface area contributed by atoms with Gasteiger partial charge in [0.05, 0.1) is 10.5 Å². The lowest BCUT2D eigenvalue weighted by Gasteiger charge is -2.29. The van der Waals surface area contributed by atoms with Crippen molar-refractivity contribution in [3.8, 4) is 0 Å². The first-order chi connectivity index (χ1) is 13.1. The minimum Gasteiger partial charge on any atom is -0.312 e. The number of aryl methyl sites for hydroxylation is 1. The second kappa shape index (κ2) is 7.46. The maximum Gasteiger partial charge on any atom is 0.416 e. The van der Waals surface area contributed by atoms with Crippen molar-refractivity contribution in [2.24, 2.45) is 0 Å². The minimum absolute atomic E-state index is 0.0347. The van der Waals surface area contributed by atoms with Crippen LogP contribution in [-0.2, 0) is 27.4 Å². The molecule has 0 atom stereocenters. The predicted molar refractivity (Wildman–Crippen MR) is 99.7 cm³/mol. The molecule has 1 aliphatic rings. The van der Waals surface area contributed by atoms with Crippen LogP contribution in [-0.4, -0.2) is 20.9 Å². The number of amides is 1. The molecule has 1 heterocycles. The largest absolute Gasteiger partial charge is 0.416 e. The van der Waals surface area contributed by atoms with E-state index in [0.717, 1.165) is 41.9 Å². The molecule has 1 amide bonds. The molecule has 150 valence electrons. The molecule has 2 aromatic carbocycles. The van der Waals surface area contributed by atoms with E-state index in [0.29, 0.717) is 25.1 Å². The zero-order chi connectivity index (χ0) is 20.5. The Balaban J connectivity index is 1.84. The molecule has 3 rings (SSSR count). The van der Waals surface area contributed by atoms with Crippen molar-refractivity contribution in [2.75, 3.05) is 16.2 Å².